The molecular formula is C10H16O2. The van der Waals surface area contributed by atoms with E-state index in [1.807, 2.05) is 13.8 Å². The Morgan fingerprint density at radius 3 is 2.83 bits per heavy atom. The maximum atomic E-state index is 10.3. The number of aldehydes is 1. The highest BCUT2D eigenvalue weighted by Crippen LogP contribution is 2.24. The van der Waals surface area contributed by atoms with Gasteiger partial charge in [-0.2, -0.15) is 0 Å². The molecule has 0 N–H and O–H groups in total. The third-order valence-electron chi connectivity index (χ3n) is 2.46. The van der Waals surface area contributed by atoms with E-state index in [0.29, 0.717) is 12.3 Å². The average molecular weight is 168 g/mol. The van der Waals surface area contributed by atoms with E-state index in [4.69, 9.17) is 4.74 Å². The molecule has 0 aromatic rings. The molecule has 0 bridgehead atoms. The van der Waals surface area contributed by atoms with Gasteiger partial charge in [0.25, 0.3) is 0 Å². The summed E-state index contributed by atoms with van der Waals surface area (Å²) in [5.74, 6) is 0.466. The molecule has 12 heavy (non-hydrogen) atoms. The van der Waals surface area contributed by atoms with Gasteiger partial charge in [-0.3, -0.25) is 0 Å². The zero-order valence-electron chi connectivity index (χ0n) is 7.91. The van der Waals surface area contributed by atoms with Crippen LogP contribution in [0.4, 0.5) is 0 Å². The molecule has 2 heteroatoms. The Labute approximate surface area is 73.6 Å². The van der Waals surface area contributed by atoms with E-state index in [9.17, 15) is 4.79 Å². The quantitative estimate of drug-likeness (QED) is 0.465. The molecule has 0 fully saturated rings. The van der Waals surface area contributed by atoms with E-state index in [1.54, 1.807) is 0 Å². The summed E-state index contributed by atoms with van der Waals surface area (Å²) < 4.78 is 5.65. The third-order valence-corrected chi connectivity index (χ3v) is 2.46. The summed E-state index contributed by atoms with van der Waals surface area (Å²) in [7, 11) is 0. The van der Waals surface area contributed by atoms with E-state index in [0.717, 1.165) is 6.29 Å². The van der Waals surface area contributed by atoms with Crippen LogP contribution >= 0.6 is 0 Å². The molecule has 1 heterocycles. The second-order valence-electron chi connectivity index (χ2n) is 3.50. The maximum absolute atomic E-state index is 10.3. The first-order valence-electron chi connectivity index (χ1n) is 4.42. The first kappa shape index (κ1) is 9.46. The van der Waals surface area contributed by atoms with Crippen molar-refractivity contribution in [1.82, 2.24) is 0 Å². The fourth-order valence-corrected chi connectivity index (χ4v) is 1.48. The molecule has 0 aromatic heterocycles. The summed E-state index contributed by atoms with van der Waals surface area (Å²) in [4.78, 5) is 10.3. The van der Waals surface area contributed by atoms with Gasteiger partial charge < -0.3 is 9.53 Å². The summed E-state index contributed by atoms with van der Waals surface area (Å²) in [5, 5.41) is 0. The predicted molar refractivity (Wildman–Crippen MR) is 47.9 cm³/mol. The van der Waals surface area contributed by atoms with Gasteiger partial charge in [-0.25, -0.2) is 0 Å². The van der Waals surface area contributed by atoms with Crippen molar-refractivity contribution in [2.45, 2.75) is 39.4 Å². The molecule has 0 aromatic carbocycles. The summed E-state index contributed by atoms with van der Waals surface area (Å²) in [6.45, 7) is 6.20. The predicted octanol–water partition coefficient (Wildman–Crippen LogP) is 1.95. The minimum atomic E-state index is 0.0219. The first-order valence-corrected chi connectivity index (χ1v) is 4.42. The van der Waals surface area contributed by atoms with E-state index < -0.39 is 0 Å². The van der Waals surface area contributed by atoms with Crippen molar-refractivity contribution in [2.24, 2.45) is 5.92 Å². The molecule has 0 unspecified atom stereocenters. The summed E-state index contributed by atoms with van der Waals surface area (Å²) in [5.41, 5.74) is 1.19. The molecule has 0 amide bonds. The molecule has 0 saturated heterocycles. The number of carbonyl (C=O) groups is 1. The average Bonchev–Trinajstić information content (AvgIpc) is 2.01. The Balaban J connectivity index is 2.67. The van der Waals surface area contributed by atoms with Crippen LogP contribution in [0, 0.1) is 5.92 Å². The Morgan fingerprint density at radius 1 is 1.58 bits per heavy atom. The molecule has 68 valence electrons. The van der Waals surface area contributed by atoms with E-state index in [-0.39, 0.29) is 12.2 Å². The Kier molecular flexibility index (Phi) is 3.04. The second kappa shape index (κ2) is 3.85. The molecule has 0 saturated carbocycles. The minimum Gasteiger partial charge on any atom is -0.370 e. The van der Waals surface area contributed by atoms with Gasteiger partial charge in [0.05, 0.1) is 12.2 Å². The Morgan fingerprint density at radius 2 is 2.25 bits per heavy atom. The van der Waals surface area contributed by atoms with Crippen LogP contribution in [0.3, 0.4) is 0 Å². The first-order chi connectivity index (χ1) is 5.65. The van der Waals surface area contributed by atoms with Crippen LogP contribution in [0.1, 0.15) is 27.2 Å². The number of carbonyl (C=O) groups excluding carboxylic acids is 1. The van der Waals surface area contributed by atoms with E-state index >= 15 is 0 Å². The lowest BCUT2D eigenvalue weighted by Crippen LogP contribution is -2.30. The standard InChI is InChI=1S/C10H16O2/c1-7-6-8(2)10(4-5-11)12-9(7)3/h5-7,9-10H,4H2,1-3H3/t7-,9-,10-/m1/s1. The molecule has 0 spiro atoms. The second-order valence-corrected chi connectivity index (χ2v) is 3.50. The van der Waals surface area contributed by atoms with Crippen molar-refractivity contribution < 1.29 is 9.53 Å². The fourth-order valence-electron chi connectivity index (χ4n) is 1.48. The van der Waals surface area contributed by atoms with Crippen LogP contribution in [-0.4, -0.2) is 18.5 Å². The Hall–Kier alpha value is -0.630. The smallest absolute Gasteiger partial charge is 0.122 e. The monoisotopic (exact) mass is 168 g/mol. The van der Waals surface area contributed by atoms with Gasteiger partial charge in [0.1, 0.15) is 6.29 Å². The van der Waals surface area contributed by atoms with Gasteiger partial charge in [0.2, 0.25) is 0 Å². The number of hydrogen-bond acceptors (Lipinski definition) is 2. The zero-order chi connectivity index (χ0) is 9.14. The van der Waals surface area contributed by atoms with E-state index in [1.165, 1.54) is 5.57 Å². The highest BCUT2D eigenvalue weighted by Gasteiger charge is 2.23. The Bertz CT molecular complexity index is 196. The zero-order valence-corrected chi connectivity index (χ0v) is 7.91. The summed E-state index contributed by atoms with van der Waals surface area (Å²) >= 11 is 0. The van der Waals surface area contributed by atoms with Crippen molar-refractivity contribution in [3.8, 4) is 0 Å². The lowest BCUT2D eigenvalue weighted by atomic mass is 9.95. The lowest BCUT2D eigenvalue weighted by molar-refractivity contribution is -0.111. The summed E-state index contributed by atoms with van der Waals surface area (Å²) in [6, 6.07) is 0. The maximum Gasteiger partial charge on any atom is 0.122 e. The number of ether oxygens (including phenoxy) is 1. The molecule has 0 radical (unpaired) electrons. The van der Waals surface area contributed by atoms with Crippen molar-refractivity contribution in [2.75, 3.05) is 0 Å². The normalized spacial score (nSPS) is 35.9. The molecule has 1 aliphatic rings. The molecule has 2 nitrogen and oxygen atoms in total. The summed E-state index contributed by atoms with van der Waals surface area (Å²) in [6.07, 6.45) is 3.86. The molecule has 3 atom stereocenters. The van der Waals surface area contributed by atoms with Gasteiger partial charge in [-0.05, 0) is 19.4 Å². The van der Waals surface area contributed by atoms with Crippen LogP contribution in [0.5, 0.6) is 0 Å². The van der Waals surface area contributed by atoms with Crippen LogP contribution in [0.2, 0.25) is 0 Å². The minimum absolute atomic E-state index is 0.0219. The van der Waals surface area contributed by atoms with Crippen molar-refractivity contribution in [3.63, 3.8) is 0 Å². The van der Waals surface area contributed by atoms with Crippen LogP contribution in [0.15, 0.2) is 11.6 Å². The highest BCUT2D eigenvalue weighted by molar-refractivity contribution is 5.51. The van der Waals surface area contributed by atoms with Gasteiger partial charge in [0.15, 0.2) is 0 Å². The topological polar surface area (TPSA) is 26.3 Å². The van der Waals surface area contributed by atoms with Gasteiger partial charge >= 0.3 is 0 Å². The van der Waals surface area contributed by atoms with Crippen molar-refractivity contribution >= 4 is 6.29 Å². The molecule has 1 aliphatic heterocycles. The van der Waals surface area contributed by atoms with Crippen LogP contribution in [-0.2, 0) is 9.53 Å². The SMILES string of the molecule is CC1=C[C@@H](C)[C@@H](C)O[C@@H]1CC=O. The van der Waals surface area contributed by atoms with Crippen LogP contribution in [0.25, 0.3) is 0 Å². The van der Waals surface area contributed by atoms with Crippen LogP contribution < -0.4 is 0 Å². The van der Waals surface area contributed by atoms with Crippen molar-refractivity contribution in [1.29, 1.82) is 0 Å². The van der Waals surface area contributed by atoms with E-state index in [2.05, 4.69) is 13.0 Å². The molecular weight excluding hydrogens is 152 g/mol. The number of hydrogen-bond donors (Lipinski definition) is 0. The molecule has 1 rings (SSSR count). The molecule has 0 aliphatic carbocycles. The highest BCUT2D eigenvalue weighted by atomic mass is 16.5. The van der Waals surface area contributed by atoms with Gasteiger partial charge in [-0.1, -0.05) is 13.0 Å². The third kappa shape index (κ3) is 1.95. The largest absolute Gasteiger partial charge is 0.370 e. The lowest BCUT2D eigenvalue weighted by Gasteiger charge is -2.30. The van der Waals surface area contributed by atoms with Crippen molar-refractivity contribution in [3.05, 3.63) is 11.6 Å². The number of rotatable bonds is 2. The fraction of sp³-hybridized carbons (Fsp3) is 0.700. The van der Waals surface area contributed by atoms with Gasteiger partial charge in [0, 0.05) is 12.3 Å². The van der Waals surface area contributed by atoms with Gasteiger partial charge in [-0.15, -0.1) is 0 Å².